The third-order valence-corrected chi connectivity index (χ3v) is 2.30. The Bertz CT molecular complexity index is 320. The van der Waals surface area contributed by atoms with Crippen molar-refractivity contribution >= 4 is 5.91 Å². The number of hydrogen-bond acceptors (Lipinski definition) is 3. The van der Waals surface area contributed by atoms with Gasteiger partial charge in [-0.2, -0.15) is 0 Å². The molecule has 4 nitrogen and oxygen atoms in total. The van der Waals surface area contributed by atoms with Crippen LogP contribution >= 0.6 is 0 Å². The van der Waals surface area contributed by atoms with Gasteiger partial charge in [0.15, 0.2) is 0 Å². The largest absolute Gasteiger partial charge is 0.467 e. The second-order valence-corrected chi connectivity index (χ2v) is 3.59. The van der Waals surface area contributed by atoms with E-state index < -0.39 is 0 Å². The Morgan fingerprint density at radius 2 is 2.33 bits per heavy atom. The molecular formula is C11H18N2O2. The molecule has 15 heavy (non-hydrogen) atoms. The van der Waals surface area contributed by atoms with E-state index in [-0.39, 0.29) is 5.91 Å². The second-order valence-electron chi connectivity index (χ2n) is 3.59. The summed E-state index contributed by atoms with van der Waals surface area (Å²) in [6.07, 6.45) is 3.56. The van der Waals surface area contributed by atoms with Crippen LogP contribution in [0.2, 0.25) is 0 Å². The quantitative estimate of drug-likeness (QED) is 0.803. The standard InChI is InChI=1S/C11H18N2O2/c1-3-4-5-13(2)11(14)9-6-10(7-12)15-8-9/h6,8H,3-5,7,12H2,1-2H3. The zero-order valence-corrected chi connectivity index (χ0v) is 9.32. The van der Waals surface area contributed by atoms with Crippen LogP contribution in [-0.2, 0) is 6.54 Å². The first-order valence-corrected chi connectivity index (χ1v) is 5.22. The van der Waals surface area contributed by atoms with Crippen LogP contribution in [0.25, 0.3) is 0 Å². The third kappa shape index (κ3) is 3.09. The van der Waals surface area contributed by atoms with Crippen molar-refractivity contribution in [2.75, 3.05) is 13.6 Å². The smallest absolute Gasteiger partial charge is 0.256 e. The summed E-state index contributed by atoms with van der Waals surface area (Å²) in [4.78, 5) is 13.5. The van der Waals surface area contributed by atoms with E-state index in [0.29, 0.717) is 17.9 Å². The van der Waals surface area contributed by atoms with Gasteiger partial charge in [0, 0.05) is 13.6 Å². The lowest BCUT2D eigenvalue weighted by molar-refractivity contribution is 0.0792. The molecule has 1 rings (SSSR count). The summed E-state index contributed by atoms with van der Waals surface area (Å²) in [5, 5.41) is 0. The minimum atomic E-state index is -0.00750. The topological polar surface area (TPSA) is 59.5 Å². The molecule has 2 N–H and O–H groups in total. The van der Waals surface area contributed by atoms with Crippen LogP contribution in [0.5, 0.6) is 0 Å². The van der Waals surface area contributed by atoms with E-state index in [1.54, 1.807) is 18.0 Å². The number of amides is 1. The maximum atomic E-state index is 11.8. The van der Waals surface area contributed by atoms with Gasteiger partial charge < -0.3 is 15.1 Å². The number of carbonyl (C=O) groups is 1. The van der Waals surface area contributed by atoms with Crippen molar-refractivity contribution in [3.05, 3.63) is 23.7 Å². The summed E-state index contributed by atoms with van der Waals surface area (Å²) in [6.45, 7) is 3.20. The molecule has 0 aliphatic heterocycles. The number of furan rings is 1. The normalized spacial score (nSPS) is 10.3. The van der Waals surface area contributed by atoms with Gasteiger partial charge in [-0.1, -0.05) is 13.3 Å². The highest BCUT2D eigenvalue weighted by Gasteiger charge is 2.13. The van der Waals surface area contributed by atoms with Gasteiger partial charge in [-0.05, 0) is 12.5 Å². The van der Waals surface area contributed by atoms with E-state index in [9.17, 15) is 4.79 Å². The number of nitrogens with two attached hydrogens (primary N) is 1. The van der Waals surface area contributed by atoms with Crippen LogP contribution in [-0.4, -0.2) is 24.4 Å². The molecule has 0 saturated carbocycles. The van der Waals surface area contributed by atoms with Crippen LogP contribution in [0.1, 0.15) is 35.9 Å². The Morgan fingerprint density at radius 1 is 1.60 bits per heavy atom. The zero-order valence-electron chi connectivity index (χ0n) is 9.32. The monoisotopic (exact) mass is 210 g/mol. The van der Waals surface area contributed by atoms with E-state index in [1.165, 1.54) is 6.26 Å². The van der Waals surface area contributed by atoms with E-state index in [1.807, 2.05) is 0 Å². The summed E-state index contributed by atoms with van der Waals surface area (Å²) in [5.74, 6) is 0.633. The third-order valence-electron chi connectivity index (χ3n) is 2.30. The summed E-state index contributed by atoms with van der Waals surface area (Å²) in [7, 11) is 1.80. The van der Waals surface area contributed by atoms with E-state index in [2.05, 4.69) is 6.92 Å². The number of rotatable bonds is 5. The predicted molar refractivity (Wildman–Crippen MR) is 58.5 cm³/mol. The summed E-state index contributed by atoms with van der Waals surface area (Å²) in [5.41, 5.74) is 5.98. The molecule has 0 aliphatic carbocycles. The van der Waals surface area contributed by atoms with Crippen molar-refractivity contribution in [3.8, 4) is 0 Å². The van der Waals surface area contributed by atoms with Gasteiger partial charge in [-0.25, -0.2) is 0 Å². The molecule has 0 aromatic carbocycles. The lowest BCUT2D eigenvalue weighted by Gasteiger charge is -2.15. The average molecular weight is 210 g/mol. The van der Waals surface area contributed by atoms with Crippen molar-refractivity contribution in [1.82, 2.24) is 4.90 Å². The van der Waals surface area contributed by atoms with E-state index >= 15 is 0 Å². The summed E-state index contributed by atoms with van der Waals surface area (Å²) < 4.78 is 5.12. The van der Waals surface area contributed by atoms with Gasteiger partial charge in [0.2, 0.25) is 0 Å². The molecule has 0 fully saturated rings. The first-order valence-electron chi connectivity index (χ1n) is 5.22. The van der Waals surface area contributed by atoms with Crippen molar-refractivity contribution in [3.63, 3.8) is 0 Å². The molecule has 0 aliphatic rings. The van der Waals surface area contributed by atoms with E-state index in [0.717, 1.165) is 19.4 Å². The lowest BCUT2D eigenvalue weighted by Crippen LogP contribution is -2.27. The molecular weight excluding hydrogens is 192 g/mol. The van der Waals surface area contributed by atoms with Crippen LogP contribution in [0, 0.1) is 0 Å². The minimum Gasteiger partial charge on any atom is -0.467 e. The van der Waals surface area contributed by atoms with Gasteiger partial charge in [0.25, 0.3) is 5.91 Å². The molecule has 0 spiro atoms. The fourth-order valence-corrected chi connectivity index (χ4v) is 1.32. The molecule has 1 heterocycles. The maximum absolute atomic E-state index is 11.8. The molecule has 0 atom stereocenters. The highest BCUT2D eigenvalue weighted by atomic mass is 16.3. The Kier molecular flexibility index (Phi) is 4.37. The fourth-order valence-electron chi connectivity index (χ4n) is 1.32. The Balaban J connectivity index is 2.59. The zero-order chi connectivity index (χ0) is 11.3. The van der Waals surface area contributed by atoms with Crippen LogP contribution < -0.4 is 5.73 Å². The molecule has 0 unspecified atom stereocenters. The van der Waals surface area contributed by atoms with E-state index in [4.69, 9.17) is 10.2 Å². The van der Waals surface area contributed by atoms with Crippen molar-refractivity contribution in [1.29, 1.82) is 0 Å². The Morgan fingerprint density at radius 3 is 2.87 bits per heavy atom. The fraction of sp³-hybridized carbons (Fsp3) is 0.545. The average Bonchev–Trinajstić information content (AvgIpc) is 2.73. The minimum absolute atomic E-state index is 0.00750. The highest BCUT2D eigenvalue weighted by molar-refractivity contribution is 5.93. The molecule has 1 aromatic heterocycles. The van der Waals surface area contributed by atoms with Gasteiger partial charge in [-0.3, -0.25) is 4.79 Å². The molecule has 1 amide bonds. The van der Waals surface area contributed by atoms with Crippen molar-refractivity contribution in [2.24, 2.45) is 5.73 Å². The number of hydrogen-bond donors (Lipinski definition) is 1. The lowest BCUT2D eigenvalue weighted by atomic mass is 10.2. The summed E-state index contributed by atoms with van der Waals surface area (Å²) >= 11 is 0. The van der Waals surface area contributed by atoms with Crippen LogP contribution in [0.3, 0.4) is 0 Å². The Hall–Kier alpha value is -1.29. The maximum Gasteiger partial charge on any atom is 0.256 e. The first kappa shape index (κ1) is 11.8. The highest BCUT2D eigenvalue weighted by Crippen LogP contribution is 2.09. The molecule has 84 valence electrons. The van der Waals surface area contributed by atoms with Gasteiger partial charge in [0.05, 0.1) is 12.1 Å². The SMILES string of the molecule is CCCCN(C)C(=O)c1coc(CN)c1. The van der Waals surface area contributed by atoms with Crippen LogP contribution in [0.15, 0.2) is 16.7 Å². The molecule has 0 saturated heterocycles. The Labute approximate surface area is 90.0 Å². The van der Waals surface area contributed by atoms with Crippen molar-refractivity contribution in [2.45, 2.75) is 26.3 Å². The predicted octanol–water partition coefficient (Wildman–Crippen LogP) is 1.61. The molecule has 4 heteroatoms. The number of carbonyl (C=O) groups excluding carboxylic acids is 1. The molecule has 1 aromatic rings. The molecule has 0 radical (unpaired) electrons. The van der Waals surface area contributed by atoms with Crippen LogP contribution in [0.4, 0.5) is 0 Å². The number of unbranched alkanes of at least 4 members (excludes halogenated alkanes) is 1. The summed E-state index contributed by atoms with van der Waals surface area (Å²) in [6, 6.07) is 1.70. The molecule has 0 bridgehead atoms. The van der Waals surface area contributed by atoms with Crippen molar-refractivity contribution < 1.29 is 9.21 Å². The van der Waals surface area contributed by atoms with Gasteiger partial charge in [-0.15, -0.1) is 0 Å². The first-order chi connectivity index (χ1) is 7.19. The van der Waals surface area contributed by atoms with Gasteiger partial charge in [0.1, 0.15) is 12.0 Å². The van der Waals surface area contributed by atoms with Gasteiger partial charge >= 0.3 is 0 Å². The second kappa shape index (κ2) is 5.56. The number of nitrogens with zero attached hydrogens (tertiary/aromatic N) is 1.